The maximum atomic E-state index is 10.3. The Bertz CT molecular complexity index is 758. The third-order valence-electron chi connectivity index (χ3n) is 4.57. The standard InChI is InChI=1S/C17H17N3O2/c1-11-20-17(9-22-11)5-4-14-13(12-7-18-10-19-8-12)2-3-16(21)15(14)6-17/h2-3,7-8,10,21H,4-6,9H2,1H3. The molecule has 1 aromatic carbocycles. The van der Waals surface area contributed by atoms with E-state index < -0.39 is 0 Å². The number of phenolic OH excluding ortho intramolecular Hbond substituents is 1. The number of benzene rings is 1. The third-order valence-corrected chi connectivity index (χ3v) is 4.57. The van der Waals surface area contributed by atoms with Crippen LogP contribution < -0.4 is 0 Å². The van der Waals surface area contributed by atoms with Crippen molar-refractivity contribution in [3.8, 4) is 16.9 Å². The summed E-state index contributed by atoms with van der Waals surface area (Å²) in [7, 11) is 0. The molecule has 2 aliphatic rings. The highest BCUT2D eigenvalue weighted by Gasteiger charge is 2.40. The predicted octanol–water partition coefficient (Wildman–Crippen LogP) is 2.53. The van der Waals surface area contributed by atoms with E-state index in [4.69, 9.17) is 4.74 Å². The van der Waals surface area contributed by atoms with Gasteiger partial charge in [0.1, 0.15) is 24.2 Å². The first kappa shape index (κ1) is 13.2. The van der Waals surface area contributed by atoms with Gasteiger partial charge in [0, 0.05) is 36.9 Å². The molecule has 22 heavy (non-hydrogen) atoms. The Morgan fingerprint density at radius 1 is 1.18 bits per heavy atom. The van der Waals surface area contributed by atoms with Crippen LogP contribution in [0.5, 0.6) is 5.75 Å². The number of aromatic hydroxyl groups is 1. The second-order valence-electron chi connectivity index (χ2n) is 6.04. The lowest BCUT2D eigenvalue weighted by atomic mass is 9.76. The minimum Gasteiger partial charge on any atom is -0.508 e. The molecule has 0 amide bonds. The fourth-order valence-corrected chi connectivity index (χ4v) is 3.50. The van der Waals surface area contributed by atoms with Crippen LogP contribution in [0, 0.1) is 0 Å². The highest BCUT2D eigenvalue weighted by atomic mass is 16.5. The van der Waals surface area contributed by atoms with Crippen LogP contribution in [0.15, 0.2) is 35.8 Å². The van der Waals surface area contributed by atoms with Crippen LogP contribution in [0.25, 0.3) is 11.1 Å². The Morgan fingerprint density at radius 3 is 2.73 bits per heavy atom. The number of aliphatic imine (C=N–C) groups is 1. The molecule has 1 aromatic heterocycles. The second-order valence-corrected chi connectivity index (χ2v) is 6.04. The summed E-state index contributed by atoms with van der Waals surface area (Å²) in [5, 5.41) is 10.3. The molecule has 0 fully saturated rings. The van der Waals surface area contributed by atoms with Gasteiger partial charge in [0.05, 0.1) is 0 Å². The van der Waals surface area contributed by atoms with Crippen molar-refractivity contribution in [3.63, 3.8) is 0 Å². The molecule has 0 radical (unpaired) electrons. The third kappa shape index (κ3) is 2.04. The molecular formula is C17H17N3O2. The van der Waals surface area contributed by atoms with Crippen LogP contribution in [-0.4, -0.2) is 33.1 Å². The molecular weight excluding hydrogens is 278 g/mol. The quantitative estimate of drug-likeness (QED) is 0.878. The molecule has 1 aliphatic carbocycles. The van der Waals surface area contributed by atoms with E-state index in [0.29, 0.717) is 18.8 Å². The van der Waals surface area contributed by atoms with Gasteiger partial charge in [0.2, 0.25) is 0 Å². The lowest BCUT2D eigenvalue weighted by Crippen LogP contribution is -2.35. The zero-order chi connectivity index (χ0) is 15.2. The highest BCUT2D eigenvalue weighted by molar-refractivity contribution is 5.76. The molecule has 0 saturated heterocycles. The first-order valence-corrected chi connectivity index (χ1v) is 7.45. The summed E-state index contributed by atoms with van der Waals surface area (Å²) in [5.41, 5.74) is 4.04. The van der Waals surface area contributed by atoms with Crippen molar-refractivity contribution in [2.45, 2.75) is 31.7 Å². The zero-order valence-electron chi connectivity index (χ0n) is 12.4. The topological polar surface area (TPSA) is 67.6 Å². The van der Waals surface area contributed by atoms with E-state index in [1.165, 1.54) is 11.9 Å². The van der Waals surface area contributed by atoms with Crippen molar-refractivity contribution in [1.82, 2.24) is 9.97 Å². The number of phenols is 1. The molecule has 112 valence electrons. The molecule has 5 heteroatoms. The largest absolute Gasteiger partial charge is 0.508 e. The number of hydrogen-bond donors (Lipinski definition) is 1. The van der Waals surface area contributed by atoms with Crippen LogP contribution >= 0.6 is 0 Å². The van der Waals surface area contributed by atoms with Crippen molar-refractivity contribution >= 4 is 5.90 Å². The van der Waals surface area contributed by atoms with Crippen LogP contribution in [0.4, 0.5) is 0 Å². The molecule has 0 bridgehead atoms. The molecule has 1 N–H and O–H groups in total. The summed E-state index contributed by atoms with van der Waals surface area (Å²) < 4.78 is 5.56. The van der Waals surface area contributed by atoms with Gasteiger partial charge in [-0.2, -0.15) is 0 Å². The summed E-state index contributed by atoms with van der Waals surface area (Å²) in [4.78, 5) is 12.9. The molecule has 2 aromatic rings. The van der Waals surface area contributed by atoms with Gasteiger partial charge in [-0.25, -0.2) is 15.0 Å². The van der Waals surface area contributed by atoms with Gasteiger partial charge in [-0.3, -0.25) is 0 Å². The van der Waals surface area contributed by atoms with E-state index >= 15 is 0 Å². The van der Waals surface area contributed by atoms with E-state index in [2.05, 4.69) is 15.0 Å². The average molecular weight is 295 g/mol. The molecule has 2 heterocycles. The van der Waals surface area contributed by atoms with Gasteiger partial charge < -0.3 is 9.84 Å². The number of fused-ring (bicyclic) bond motifs is 1. The van der Waals surface area contributed by atoms with E-state index in [9.17, 15) is 5.11 Å². The summed E-state index contributed by atoms with van der Waals surface area (Å²) in [6.45, 7) is 2.50. The fraction of sp³-hybridized carbons (Fsp3) is 0.353. The predicted molar refractivity (Wildman–Crippen MR) is 82.9 cm³/mol. The maximum absolute atomic E-state index is 10.3. The van der Waals surface area contributed by atoms with Gasteiger partial charge in [-0.1, -0.05) is 6.07 Å². The summed E-state index contributed by atoms with van der Waals surface area (Å²) in [5.74, 6) is 1.09. The maximum Gasteiger partial charge on any atom is 0.180 e. The summed E-state index contributed by atoms with van der Waals surface area (Å²) in [6.07, 6.45) is 7.66. The van der Waals surface area contributed by atoms with E-state index in [0.717, 1.165) is 35.4 Å². The Labute approximate surface area is 128 Å². The summed E-state index contributed by atoms with van der Waals surface area (Å²) >= 11 is 0. The van der Waals surface area contributed by atoms with Gasteiger partial charge in [0.25, 0.3) is 0 Å². The molecule has 1 spiro atoms. The first-order valence-electron chi connectivity index (χ1n) is 7.45. The summed E-state index contributed by atoms with van der Waals surface area (Å²) in [6, 6.07) is 3.71. The van der Waals surface area contributed by atoms with Crippen LogP contribution in [0.2, 0.25) is 0 Å². The van der Waals surface area contributed by atoms with Crippen molar-refractivity contribution < 1.29 is 9.84 Å². The van der Waals surface area contributed by atoms with Crippen LogP contribution in [0.3, 0.4) is 0 Å². The number of nitrogens with zero attached hydrogens (tertiary/aromatic N) is 3. The molecule has 1 aliphatic heterocycles. The van der Waals surface area contributed by atoms with E-state index in [1.807, 2.05) is 25.4 Å². The molecule has 1 atom stereocenters. The first-order chi connectivity index (χ1) is 10.7. The van der Waals surface area contributed by atoms with Gasteiger partial charge >= 0.3 is 0 Å². The molecule has 0 saturated carbocycles. The fourth-order valence-electron chi connectivity index (χ4n) is 3.50. The normalized spacial score (nSPS) is 23.0. The lowest BCUT2D eigenvalue weighted by Gasteiger charge is -2.32. The molecule has 4 rings (SSSR count). The van der Waals surface area contributed by atoms with Gasteiger partial charge in [-0.15, -0.1) is 0 Å². The smallest absolute Gasteiger partial charge is 0.180 e. The average Bonchev–Trinajstić information content (AvgIpc) is 2.90. The molecule has 1 unspecified atom stereocenters. The van der Waals surface area contributed by atoms with Crippen LogP contribution in [-0.2, 0) is 17.6 Å². The lowest BCUT2D eigenvalue weighted by molar-refractivity contribution is 0.234. The van der Waals surface area contributed by atoms with Crippen molar-refractivity contribution in [1.29, 1.82) is 0 Å². The van der Waals surface area contributed by atoms with E-state index in [-0.39, 0.29) is 5.54 Å². The van der Waals surface area contributed by atoms with Gasteiger partial charge in [-0.05, 0) is 30.0 Å². The minimum absolute atomic E-state index is 0.208. The zero-order valence-corrected chi connectivity index (χ0v) is 12.4. The Balaban J connectivity index is 1.81. The van der Waals surface area contributed by atoms with Crippen molar-refractivity contribution in [2.75, 3.05) is 6.61 Å². The van der Waals surface area contributed by atoms with E-state index in [1.54, 1.807) is 6.07 Å². The number of ether oxygens (including phenoxy) is 1. The minimum atomic E-state index is -0.208. The highest BCUT2D eigenvalue weighted by Crippen LogP contribution is 2.42. The number of aromatic nitrogens is 2. The second kappa shape index (κ2) is 4.80. The Kier molecular flexibility index (Phi) is 2.89. The van der Waals surface area contributed by atoms with Crippen LogP contribution in [0.1, 0.15) is 24.5 Å². The monoisotopic (exact) mass is 295 g/mol. The Morgan fingerprint density at radius 2 is 2.00 bits per heavy atom. The van der Waals surface area contributed by atoms with Gasteiger partial charge in [0.15, 0.2) is 5.90 Å². The SMILES string of the molecule is CC1=NC2(CCc3c(-c4cncnc4)ccc(O)c3C2)CO1. The van der Waals surface area contributed by atoms with Crippen molar-refractivity contribution in [2.24, 2.45) is 4.99 Å². The number of hydrogen-bond acceptors (Lipinski definition) is 5. The molecule has 5 nitrogen and oxygen atoms in total. The van der Waals surface area contributed by atoms with Crippen molar-refractivity contribution in [3.05, 3.63) is 42.0 Å². The number of rotatable bonds is 1. The Hall–Kier alpha value is -2.43.